The first kappa shape index (κ1) is 22.9. The van der Waals surface area contributed by atoms with Gasteiger partial charge in [-0.25, -0.2) is 4.98 Å². The lowest BCUT2D eigenvalue weighted by molar-refractivity contribution is -0.118. The molecule has 8 heteroatoms. The van der Waals surface area contributed by atoms with Gasteiger partial charge in [-0.05, 0) is 60.4 Å². The Labute approximate surface area is 196 Å². The molecule has 0 saturated heterocycles. The second-order valence-corrected chi connectivity index (χ2v) is 11.2. The number of fused-ring (bicyclic) bond motifs is 3. The van der Waals surface area contributed by atoms with Gasteiger partial charge in [-0.1, -0.05) is 32.5 Å². The third-order valence-corrected chi connectivity index (χ3v) is 8.31. The molecule has 1 aromatic carbocycles. The minimum Gasteiger partial charge on any atom is -0.497 e. The van der Waals surface area contributed by atoms with E-state index < -0.39 is 0 Å². The number of ether oxygens (including phenoxy) is 1. The Bertz CT molecular complexity index is 1210. The summed E-state index contributed by atoms with van der Waals surface area (Å²) in [6.07, 6.45) is 2.97. The Hall–Kier alpha value is -2.32. The van der Waals surface area contributed by atoms with Crippen LogP contribution in [0.4, 0.5) is 0 Å². The van der Waals surface area contributed by atoms with Crippen molar-refractivity contribution < 1.29 is 9.53 Å². The average molecular weight is 472 g/mol. The first-order valence-corrected chi connectivity index (χ1v) is 12.6. The minimum atomic E-state index is -0.107. The van der Waals surface area contributed by atoms with E-state index in [2.05, 4.69) is 26.1 Å². The average Bonchev–Trinajstić information content (AvgIpc) is 3.15. The van der Waals surface area contributed by atoms with Crippen LogP contribution in [0.3, 0.4) is 0 Å². The molecule has 0 spiro atoms. The molecule has 1 amide bonds. The van der Waals surface area contributed by atoms with Gasteiger partial charge in [0.25, 0.3) is 5.56 Å². The molecule has 2 heterocycles. The summed E-state index contributed by atoms with van der Waals surface area (Å²) in [7, 11) is 3.22. The zero-order valence-electron chi connectivity index (χ0n) is 19.2. The van der Waals surface area contributed by atoms with Crippen LogP contribution in [0, 0.1) is 11.3 Å². The highest BCUT2D eigenvalue weighted by molar-refractivity contribution is 7.99. The standard InChI is InChI=1S/C24H29N3O3S2/c1-24(2,3)14-6-11-17-18(12-14)32-21-20(17)22(29)27(15-7-9-16(30-5)10-8-15)23(26-21)31-13-19(28)25-4/h7-10,14H,6,11-13H2,1-5H3,(H,25,28)/t14-/m1/s1. The SMILES string of the molecule is CNC(=O)CSc1nc2sc3c(c2c(=O)n1-c1ccc(OC)cc1)CC[C@@H](C(C)(C)C)C3. The van der Waals surface area contributed by atoms with Crippen LogP contribution in [0.5, 0.6) is 5.75 Å². The first-order chi connectivity index (χ1) is 15.2. The van der Waals surface area contributed by atoms with Crippen LogP contribution in [0.1, 0.15) is 37.6 Å². The largest absolute Gasteiger partial charge is 0.497 e. The lowest BCUT2D eigenvalue weighted by Crippen LogP contribution is -2.27. The normalized spacial score (nSPS) is 16.1. The molecule has 2 aromatic heterocycles. The number of carbonyl (C=O) groups is 1. The number of thiophene rings is 1. The van der Waals surface area contributed by atoms with Gasteiger partial charge in [0.1, 0.15) is 10.6 Å². The van der Waals surface area contributed by atoms with Crippen molar-refractivity contribution in [1.82, 2.24) is 14.9 Å². The summed E-state index contributed by atoms with van der Waals surface area (Å²) in [4.78, 5) is 32.7. The molecule has 0 fully saturated rings. The van der Waals surface area contributed by atoms with E-state index >= 15 is 0 Å². The van der Waals surface area contributed by atoms with Gasteiger partial charge in [0, 0.05) is 11.9 Å². The zero-order valence-corrected chi connectivity index (χ0v) is 20.8. The third-order valence-electron chi connectivity index (χ3n) is 6.22. The number of benzene rings is 1. The van der Waals surface area contributed by atoms with Crippen LogP contribution < -0.4 is 15.6 Å². The number of aromatic nitrogens is 2. The highest BCUT2D eigenvalue weighted by Crippen LogP contribution is 2.42. The van der Waals surface area contributed by atoms with Gasteiger partial charge < -0.3 is 10.1 Å². The van der Waals surface area contributed by atoms with Crippen molar-refractivity contribution in [2.24, 2.45) is 11.3 Å². The molecule has 1 atom stereocenters. The fourth-order valence-electron chi connectivity index (χ4n) is 4.20. The van der Waals surface area contributed by atoms with Gasteiger partial charge in [-0.15, -0.1) is 11.3 Å². The number of methoxy groups -OCH3 is 1. The van der Waals surface area contributed by atoms with Crippen LogP contribution in [0.2, 0.25) is 0 Å². The van der Waals surface area contributed by atoms with Crippen molar-refractivity contribution in [2.45, 2.75) is 45.2 Å². The Balaban J connectivity index is 1.86. The van der Waals surface area contributed by atoms with Gasteiger partial charge in [0.15, 0.2) is 5.16 Å². The van der Waals surface area contributed by atoms with E-state index in [0.717, 1.165) is 40.8 Å². The third kappa shape index (κ3) is 4.30. The molecule has 0 radical (unpaired) electrons. The summed E-state index contributed by atoms with van der Waals surface area (Å²) in [5.41, 5.74) is 2.05. The Morgan fingerprint density at radius 2 is 2.03 bits per heavy atom. The molecular formula is C24H29N3O3S2. The number of amides is 1. The molecular weight excluding hydrogens is 442 g/mol. The lowest BCUT2D eigenvalue weighted by Gasteiger charge is -2.33. The van der Waals surface area contributed by atoms with E-state index in [1.807, 2.05) is 24.3 Å². The Morgan fingerprint density at radius 1 is 1.31 bits per heavy atom. The van der Waals surface area contributed by atoms with E-state index in [0.29, 0.717) is 16.8 Å². The predicted molar refractivity (Wildman–Crippen MR) is 132 cm³/mol. The highest BCUT2D eigenvalue weighted by atomic mass is 32.2. The summed E-state index contributed by atoms with van der Waals surface area (Å²) in [6.45, 7) is 6.87. The molecule has 1 N–H and O–H groups in total. The molecule has 0 bridgehead atoms. The maximum absolute atomic E-state index is 13.8. The number of hydrogen-bond donors (Lipinski definition) is 1. The minimum absolute atomic E-state index is 0.0636. The monoisotopic (exact) mass is 471 g/mol. The van der Waals surface area contributed by atoms with E-state index in [9.17, 15) is 9.59 Å². The van der Waals surface area contributed by atoms with Crippen LogP contribution in [-0.4, -0.2) is 35.4 Å². The van der Waals surface area contributed by atoms with Crippen molar-refractivity contribution in [3.8, 4) is 11.4 Å². The number of carbonyl (C=O) groups excluding carboxylic acids is 1. The van der Waals surface area contributed by atoms with Crippen LogP contribution in [0.25, 0.3) is 15.9 Å². The van der Waals surface area contributed by atoms with Crippen LogP contribution in [-0.2, 0) is 17.6 Å². The molecule has 0 aliphatic heterocycles. The Morgan fingerprint density at radius 3 is 2.66 bits per heavy atom. The summed E-state index contributed by atoms with van der Waals surface area (Å²) >= 11 is 2.92. The summed E-state index contributed by atoms with van der Waals surface area (Å²) in [5, 5.41) is 3.89. The first-order valence-electron chi connectivity index (χ1n) is 10.8. The zero-order chi connectivity index (χ0) is 23.0. The summed E-state index contributed by atoms with van der Waals surface area (Å²) in [6, 6.07) is 7.37. The summed E-state index contributed by atoms with van der Waals surface area (Å²) < 4.78 is 6.91. The number of rotatable bonds is 5. The molecule has 1 aliphatic carbocycles. The van der Waals surface area contributed by atoms with Crippen LogP contribution >= 0.6 is 23.1 Å². The van der Waals surface area contributed by atoms with Crippen molar-refractivity contribution in [1.29, 1.82) is 0 Å². The Kier molecular flexibility index (Phi) is 6.36. The number of nitrogens with zero attached hydrogens (tertiary/aromatic N) is 2. The van der Waals surface area contributed by atoms with Crippen LogP contribution in [0.15, 0.2) is 34.2 Å². The van der Waals surface area contributed by atoms with Crippen molar-refractivity contribution >= 4 is 39.2 Å². The van der Waals surface area contributed by atoms with Gasteiger partial charge in [-0.2, -0.15) is 0 Å². The smallest absolute Gasteiger partial charge is 0.267 e. The molecule has 32 heavy (non-hydrogen) atoms. The highest BCUT2D eigenvalue weighted by Gasteiger charge is 2.32. The van der Waals surface area contributed by atoms with Gasteiger partial charge >= 0.3 is 0 Å². The number of hydrogen-bond acceptors (Lipinski definition) is 6. The second kappa shape index (κ2) is 8.90. The fraction of sp³-hybridized carbons (Fsp3) is 0.458. The second-order valence-electron chi connectivity index (χ2n) is 9.18. The van der Waals surface area contributed by atoms with E-state index in [4.69, 9.17) is 9.72 Å². The maximum Gasteiger partial charge on any atom is 0.267 e. The van der Waals surface area contributed by atoms with E-state index in [1.165, 1.54) is 16.6 Å². The molecule has 3 aromatic rings. The van der Waals surface area contributed by atoms with Crippen molar-refractivity contribution in [2.75, 3.05) is 19.9 Å². The molecule has 0 unspecified atom stereocenters. The number of aryl methyl sites for hydroxylation is 1. The van der Waals surface area contributed by atoms with Gasteiger partial charge in [0.2, 0.25) is 5.91 Å². The summed E-state index contributed by atoms with van der Waals surface area (Å²) in [5.74, 6) is 1.40. The van der Waals surface area contributed by atoms with Crippen molar-refractivity contribution in [3.63, 3.8) is 0 Å². The number of nitrogens with one attached hydrogen (secondary N) is 1. The fourth-order valence-corrected chi connectivity index (χ4v) is 6.43. The molecule has 4 rings (SSSR count). The lowest BCUT2D eigenvalue weighted by atomic mass is 9.72. The topological polar surface area (TPSA) is 73.2 Å². The number of thioether (sulfide) groups is 1. The molecule has 6 nitrogen and oxygen atoms in total. The maximum atomic E-state index is 13.8. The molecule has 170 valence electrons. The van der Waals surface area contributed by atoms with Gasteiger partial charge in [-0.3, -0.25) is 14.2 Å². The predicted octanol–water partition coefficient (Wildman–Crippen LogP) is 4.44. The van der Waals surface area contributed by atoms with E-state index in [-0.39, 0.29) is 22.6 Å². The molecule has 0 saturated carbocycles. The quantitative estimate of drug-likeness (QED) is 0.440. The molecule has 1 aliphatic rings. The van der Waals surface area contributed by atoms with Crippen molar-refractivity contribution in [3.05, 3.63) is 45.1 Å². The van der Waals surface area contributed by atoms with Gasteiger partial charge in [0.05, 0.1) is 23.9 Å². The van der Waals surface area contributed by atoms with E-state index in [1.54, 1.807) is 30.1 Å².